The highest BCUT2D eigenvalue weighted by molar-refractivity contribution is 7.99. The quantitative estimate of drug-likeness (QED) is 0.519. The first kappa shape index (κ1) is 20.2. The van der Waals surface area contributed by atoms with E-state index >= 15 is 0 Å². The minimum Gasteiger partial charge on any atom is -0.494 e. The average Bonchev–Trinajstić information content (AvgIpc) is 3.27. The van der Waals surface area contributed by atoms with Crippen molar-refractivity contribution in [3.63, 3.8) is 0 Å². The first-order valence-corrected chi connectivity index (χ1v) is 11.0. The van der Waals surface area contributed by atoms with Crippen molar-refractivity contribution < 1.29 is 14.3 Å². The van der Waals surface area contributed by atoms with Crippen molar-refractivity contribution in [2.24, 2.45) is 0 Å². The number of nitrogens with zero attached hydrogens (tertiary/aromatic N) is 1. The van der Waals surface area contributed by atoms with Crippen LogP contribution in [0, 0.1) is 0 Å². The second kappa shape index (κ2) is 9.59. The SMILES string of the molecule is CCOc1ccc(NC(=O)N2CCS[C@@H]2c2cccc(Oc3ccccc3)c2)cc1. The maximum atomic E-state index is 12.9. The summed E-state index contributed by atoms with van der Waals surface area (Å²) in [6, 6.07) is 25.0. The van der Waals surface area contributed by atoms with E-state index in [9.17, 15) is 4.79 Å². The van der Waals surface area contributed by atoms with Crippen molar-refractivity contribution in [2.45, 2.75) is 12.3 Å². The van der Waals surface area contributed by atoms with E-state index < -0.39 is 0 Å². The number of amides is 2. The Hall–Kier alpha value is -3.12. The van der Waals surface area contributed by atoms with Crippen LogP contribution in [0.4, 0.5) is 10.5 Å². The van der Waals surface area contributed by atoms with Crippen molar-refractivity contribution in [2.75, 3.05) is 24.2 Å². The third kappa shape index (κ3) is 4.89. The number of anilines is 1. The van der Waals surface area contributed by atoms with Crippen LogP contribution in [0.25, 0.3) is 0 Å². The molecule has 154 valence electrons. The predicted octanol–water partition coefficient (Wildman–Crippen LogP) is 6.16. The number of ether oxygens (including phenoxy) is 2. The van der Waals surface area contributed by atoms with Crippen LogP contribution in [0.2, 0.25) is 0 Å². The van der Waals surface area contributed by atoms with Gasteiger partial charge in [0.2, 0.25) is 0 Å². The molecule has 4 rings (SSSR count). The monoisotopic (exact) mass is 420 g/mol. The lowest BCUT2D eigenvalue weighted by Crippen LogP contribution is -2.34. The Balaban J connectivity index is 1.45. The van der Waals surface area contributed by atoms with Gasteiger partial charge in [-0.2, -0.15) is 0 Å². The number of urea groups is 1. The van der Waals surface area contributed by atoms with E-state index in [0.29, 0.717) is 13.2 Å². The summed E-state index contributed by atoms with van der Waals surface area (Å²) in [4.78, 5) is 14.8. The number of nitrogens with one attached hydrogen (secondary N) is 1. The number of carbonyl (C=O) groups is 1. The van der Waals surface area contributed by atoms with Crippen molar-refractivity contribution in [3.05, 3.63) is 84.4 Å². The summed E-state index contributed by atoms with van der Waals surface area (Å²) in [7, 11) is 0. The van der Waals surface area contributed by atoms with E-state index in [1.54, 1.807) is 11.8 Å². The van der Waals surface area contributed by atoms with E-state index in [4.69, 9.17) is 9.47 Å². The second-order valence-electron chi connectivity index (χ2n) is 6.79. The molecule has 0 unspecified atom stereocenters. The maximum absolute atomic E-state index is 12.9. The average molecular weight is 421 g/mol. The fourth-order valence-electron chi connectivity index (χ4n) is 3.31. The van der Waals surface area contributed by atoms with Gasteiger partial charge in [0.25, 0.3) is 0 Å². The molecule has 1 aliphatic rings. The van der Waals surface area contributed by atoms with Crippen molar-refractivity contribution >= 4 is 23.5 Å². The molecule has 1 N–H and O–H groups in total. The van der Waals surface area contributed by atoms with E-state index in [0.717, 1.165) is 34.3 Å². The van der Waals surface area contributed by atoms with Crippen LogP contribution in [0.1, 0.15) is 17.9 Å². The Morgan fingerprint density at radius 2 is 1.77 bits per heavy atom. The molecule has 1 heterocycles. The van der Waals surface area contributed by atoms with Gasteiger partial charge in [-0.05, 0) is 61.0 Å². The molecule has 0 saturated carbocycles. The summed E-state index contributed by atoms with van der Waals surface area (Å²) in [6.07, 6.45) is 0. The van der Waals surface area contributed by atoms with Gasteiger partial charge in [-0.1, -0.05) is 30.3 Å². The van der Waals surface area contributed by atoms with Gasteiger partial charge in [0.05, 0.1) is 6.61 Å². The topological polar surface area (TPSA) is 50.8 Å². The van der Waals surface area contributed by atoms with Gasteiger partial charge >= 0.3 is 6.03 Å². The standard InChI is InChI=1S/C24H24N2O3S/c1-2-28-20-13-11-19(12-14-20)25-24(27)26-15-16-30-23(26)18-7-6-10-22(17-18)29-21-8-4-3-5-9-21/h3-14,17,23H,2,15-16H2,1H3,(H,25,27)/t23-/m1/s1. The van der Waals surface area contributed by atoms with Gasteiger partial charge in [0.1, 0.15) is 22.6 Å². The molecule has 3 aromatic rings. The third-order valence-electron chi connectivity index (χ3n) is 4.69. The molecule has 1 fully saturated rings. The van der Waals surface area contributed by atoms with Crippen molar-refractivity contribution in [3.8, 4) is 17.2 Å². The van der Waals surface area contributed by atoms with Crippen LogP contribution in [-0.4, -0.2) is 29.8 Å². The fourth-order valence-corrected chi connectivity index (χ4v) is 4.55. The summed E-state index contributed by atoms with van der Waals surface area (Å²) in [6.45, 7) is 3.26. The van der Waals surface area contributed by atoms with Gasteiger partial charge in [0, 0.05) is 18.0 Å². The number of rotatable bonds is 6. The van der Waals surface area contributed by atoms with Crippen LogP contribution < -0.4 is 14.8 Å². The van der Waals surface area contributed by atoms with Gasteiger partial charge < -0.3 is 19.7 Å². The number of hydrogen-bond donors (Lipinski definition) is 1. The molecule has 0 radical (unpaired) electrons. The molecule has 1 atom stereocenters. The maximum Gasteiger partial charge on any atom is 0.323 e. The lowest BCUT2D eigenvalue weighted by Gasteiger charge is -2.25. The molecule has 3 aromatic carbocycles. The van der Waals surface area contributed by atoms with Crippen LogP contribution in [0.15, 0.2) is 78.9 Å². The summed E-state index contributed by atoms with van der Waals surface area (Å²) >= 11 is 1.76. The van der Waals surface area contributed by atoms with Gasteiger partial charge in [-0.3, -0.25) is 0 Å². The molecule has 1 aliphatic heterocycles. The largest absolute Gasteiger partial charge is 0.494 e. The molecule has 0 aromatic heterocycles. The first-order valence-electron chi connectivity index (χ1n) is 9.98. The zero-order chi connectivity index (χ0) is 20.8. The van der Waals surface area contributed by atoms with Gasteiger partial charge in [-0.25, -0.2) is 4.79 Å². The smallest absolute Gasteiger partial charge is 0.323 e. The molecule has 0 bridgehead atoms. The van der Waals surface area contributed by atoms with E-state index in [1.807, 2.05) is 90.7 Å². The third-order valence-corrected chi connectivity index (χ3v) is 5.95. The summed E-state index contributed by atoms with van der Waals surface area (Å²) in [5.41, 5.74) is 1.80. The van der Waals surface area contributed by atoms with Crippen molar-refractivity contribution in [1.29, 1.82) is 0 Å². The minimum atomic E-state index is -0.108. The minimum absolute atomic E-state index is 0.0491. The lowest BCUT2D eigenvalue weighted by atomic mass is 10.2. The first-order chi connectivity index (χ1) is 14.7. The van der Waals surface area contributed by atoms with Crippen LogP contribution in [-0.2, 0) is 0 Å². The molecule has 5 nitrogen and oxygen atoms in total. The summed E-state index contributed by atoms with van der Waals surface area (Å²) in [5, 5.41) is 2.95. The van der Waals surface area contributed by atoms with Gasteiger partial charge in [0.15, 0.2) is 0 Å². The van der Waals surface area contributed by atoms with Gasteiger partial charge in [-0.15, -0.1) is 11.8 Å². The van der Waals surface area contributed by atoms with Crippen LogP contribution in [0.5, 0.6) is 17.2 Å². The number of para-hydroxylation sites is 1. The Morgan fingerprint density at radius 1 is 1.00 bits per heavy atom. The molecule has 0 spiro atoms. The highest BCUT2D eigenvalue weighted by atomic mass is 32.2. The Bertz CT molecular complexity index is 979. The zero-order valence-corrected chi connectivity index (χ0v) is 17.6. The van der Waals surface area contributed by atoms with Crippen molar-refractivity contribution in [1.82, 2.24) is 4.90 Å². The molecule has 6 heteroatoms. The highest BCUT2D eigenvalue weighted by Crippen LogP contribution is 2.39. The zero-order valence-electron chi connectivity index (χ0n) is 16.8. The van der Waals surface area contributed by atoms with E-state index in [1.165, 1.54) is 0 Å². The van der Waals surface area contributed by atoms with Crippen LogP contribution >= 0.6 is 11.8 Å². The normalized spacial score (nSPS) is 15.6. The Morgan fingerprint density at radius 3 is 2.53 bits per heavy atom. The Kier molecular flexibility index (Phi) is 6.44. The molecule has 2 amide bonds. The summed E-state index contributed by atoms with van der Waals surface area (Å²) < 4.78 is 11.4. The Labute approximate surface area is 181 Å². The molecule has 0 aliphatic carbocycles. The number of thioether (sulfide) groups is 1. The summed E-state index contributed by atoms with van der Waals surface area (Å²) in [5.74, 6) is 3.24. The predicted molar refractivity (Wildman–Crippen MR) is 121 cm³/mol. The molecular formula is C24H24N2O3S. The number of carbonyl (C=O) groups excluding carboxylic acids is 1. The lowest BCUT2D eigenvalue weighted by molar-refractivity contribution is 0.214. The van der Waals surface area contributed by atoms with Crippen LogP contribution in [0.3, 0.4) is 0 Å². The molecule has 1 saturated heterocycles. The van der Waals surface area contributed by atoms with E-state index in [2.05, 4.69) is 5.32 Å². The molecular weight excluding hydrogens is 396 g/mol. The number of benzene rings is 3. The second-order valence-corrected chi connectivity index (χ2v) is 7.98. The molecule has 30 heavy (non-hydrogen) atoms. The number of hydrogen-bond acceptors (Lipinski definition) is 4. The van der Waals surface area contributed by atoms with E-state index in [-0.39, 0.29) is 11.4 Å². The highest BCUT2D eigenvalue weighted by Gasteiger charge is 2.31. The fraction of sp³-hybridized carbons (Fsp3) is 0.208.